The molecule has 6 nitrogen and oxygen atoms in total. The molecule has 4 N–H and O–H groups in total. The van der Waals surface area contributed by atoms with Gasteiger partial charge in [0.15, 0.2) is 23.5 Å². The fourth-order valence-electron chi connectivity index (χ4n) is 2.30. The van der Waals surface area contributed by atoms with Gasteiger partial charge in [0.25, 0.3) is 0 Å². The Bertz CT molecular complexity index is 559. The van der Waals surface area contributed by atoms with Gasteiger partial charge in [-0.3, -0.25) is 9.13 Å². The predicted octanol–water partition coefficient (Wildman–Crippen LogP) is 2.21. The molecule has 6 heteroatoms. The minimum atomic E-state index is 0.0440. The Morgan fingerprint density at radius 2 is 1.10 bits per heavy atom. The normalized spacial score (nSPS) is 11.1. The third-order valence-corrected chi connectivity index (χ3v) is 3.47. The lowest BCUT2D eigenvalue weighted by atomic mass is 10.3. The van der Waals surface area contributed by atoms with Crippen LogP contribution in [-0.4, -0.2) is 29.6 Å². The van der Waals surface area contributed by atoms with Gasteiger partial charge in [-0.2, -0.15) is 0 Å². The van der Waals surface area contributed by atoms with Gasteiger partial charge in [-0.05, 0) is 26.7 Å². The quantitative estimate of drug-likeness (QED) is 0.632. The molecular formula is C14H20N2O4. The Balaban J connectivity index is 1.91. The first kappa shape index (κ1) is 14.2. The molecule has 0 aliphatic heterocycles. The maximum Gasteiger partial charge on any atom is 0.196 e. The van der Waals surface area contributed by atoms with Crippen molar-refractivity contribution in [3.8, 4) is 23.5 Å². The zero-order valence-corrected chi connectivity index (χ0v) is 11.7. The van der Waals surface area contributed by atoms with E-state index < -0.39 is 0 Å². The molecule has 0 aliphatic rings. The monoisotopic (exact) mass is 280 g/mol. The number of unbranched alkanes of at least 4 members (excludes halogenated alkanes) is 1. The summed E-state index contributed by atoms with van der Waals surface area (Å²) < 4.78 is 2.88. The highest BCUT2D eigenvalue weighted by Gasteiger charge is 2.12. The topological polar surface area (TPSA) is 90.8 Å². The lowest BCUT2D eigenvalue weighted by Gasteiger charge is -2.09. The predicted molar refractivity (Wildman–Crippen MR) is 74.2 cm³/mol. The van der Waals surface area contributed by atoms with Crippen LogP contribution in [0.3, 0.4) is 0 Å². The lowest BCUT2D eigenvalue weighted by molar-refractivity contribution is 0.345. The van der Waals surface area contributed by atoms with Crippen LogP contribution in [0.25, 0.3) is 0 Å². The van der Waals surface area contributed by atoms with E-state index in [9.17, 15) is 20.4 Å². The van der Waals surface area contributed by atoms with Crippen molar-refractivity contribution in [2.24, 2.45) is 0 Å². The average molecular weight is 280 g/mol. The first-order chi connectivity index (χ1) is 9.41. The molecular weight excluding hydrogens is 260 g/mol. The molecule has 20 heavy (non-hydrogen) atoms. The van der Waals surface area contributed by atoms with Crippen molar-refractivity contribution >= 4 is 0 Å². The molecule has 0 aromatic carbocycles. The molecule has 0 atom stereocenters. The summed E-state index contributed by atoms with van der Waals surface area (Å²) in [6, 6.07) is 3.03. The van der Waals surface area contributed by atoms with Gasteiger partial charge in [-0.25, -0.2) is 0 Å². The van der Waals surface area contributed by atoms with E-state index >= 15 is 0 Å². The van der Waals surface area contributed by atoms with Crippen molar-refractivity contribution in [2.75, 3.05) is 0 Å². The molecule has 110 valence electrons. The highest BCUT2D eigenvalue weighted by Crippen LogP contribution is 2.28. The second-order valence-corrected chi connectivity index (χ2v) is 5.03. The Morgan fingerprint density at radius 3 is 1.35 bits per heavy atom. The van der Waals surface area contributed by atoms with Crippen LogP contribution in [-0.2, 0) is 13.1 Å². The van der Waals surface area contributed by atoms with Gasteiger partial charge in [0.2, 0.25) is 0 Å². The largest absolute Gasteiger partial charge is 0.494 e. The van der Waals surface area contributed by atoms with Crippen molar-refractivity contribution in [1.29, 1.82) is 0 Å². The summed E-state index contributed by atoms with van der Waals surface area (Å²) in [4.78, 5) is 0. The first-order valence-electron chi connectivity index (χ1n) is 6.58. The fraction of sp³-hybridized carbons (Fsp3) is 0.429. The smallest absolute Gasteiger partial charge is 0.196 e. The van der Waals surface area contributed by atoms with Gasteiger partial charge in [0, 0.05) is 36.3 Å². The van der Waals surface area contributed by atoms with Crippen molar-refractivity contribution in [2.45, 2.75) is 39.8 Å². The number of hydrogen-bond acceptors (Lipinski definition) is 4. The van der Waals surface area contributed by atoms with Crippen molar-refractivity contribution in [3.05, 3.63) is 23.3 Å². The van der Waals surface area contributed by atoms with Gasteiger partial charge in [-0.1, -0.05) is 0 Å². The summed E-state index contributed by atoms with van der Waals surface area (Å²) in [5, 5.41) is 38.8. The summed E-state index contributed by atoms with van der Waals surface area (Å²) in [6.07, 6.45) is 1.40. The maximum absolute atomic E-state index is 9.74. The van der Waals surface area contributed by atoms with E-state index in [1.165, 1.54) is 21.3 Å². The Hall–Kier alpha value is -2.24. The summed E-state index contributed by atoms with van der Waals surface area (Å²) >= 11 is 0. The van der Waals surface area contributed by atoms with Crippen molar-refractivity contribution < 1.29 is 20.4 Å². The van der Waals surface area contributed by atoms with Crippen LogP contribution < -0.4 is 0 Å². The zero-order valence-electron chi connectivity index (χ0n) is 11.7. The number of nitrogens with zero attached hydrogens (tertiary/aromatic N) is 2. The van der Waals surface area contributed by atoms with E-state index in [1.54, 1.807) is 13.8 Å². The molecule has 0 radical (unpaired) electrons. The van der Waals surface area contributed by atoms with Gasteiger partial charge in [0.05, 0.1) is 0 Å². The summed E-state index contributed by atoms with van der Waals surface area (Å²) in [7, 11) is 0. The molecule has 2 aromatic rings. The van der Waals surface area contributed by atoms with Crippen LogP contribution in [0.5, 0.6) is 23.5 Å². The Kier molecular flexibility index (Phi) is 3.83. The highest BCUT2D eigenvalue weighted by atomic mass is 16.3. The first-order valence-corrected chi connectivity index (χ1v) is 6.58. The minimum absolute atomic E-state index is 0.0440. The lowest BCUT2D eigenvalue weighted by Crippen LogP contribution is -2.01. The van der Waals surface area contributed by atoms with Crippen LogP contribution in [0, 0.1) is 13.8 Å². The second kappa shape index (κ2) is 5.40. The van der Waals surface area contributed by atoms with Gasteiger partial charge < -0.3 is 20.4 Å². The number of hydrogen-bond donors (Lipinski definition) is 4. The third kappa shape index (κ3) is 2.54. The standard InChI is InChI=1S/C14H20N2O4/c1-9-7-11(17)15(13(9)19)5-3-4-6-16-12(18)8-10(2)14(16)20/h7-8,17-20H,3-6H2,1-2H3. The number of aromatic nitrogens is 2. The van der Waals surface area contributed by atoms with Crippen LogP contribution in [0.2, 0.25) is 0 Å². The molecule has 2 heterocycles. The number of aromatic hydroxyl groups is 4. The van der Waals surface area contributed by atoms with E-state index in [-0.39, 0.29) is 23.5 Å². The molecule has 0 unspecified atom stereocenters. The van der Waals surface area contributed by atoms with E-state index in [0.717, 1.165) is 0 Å². The zero-order chi connectivity index (χ0) is 14.9. The summed E-state index contributed by atoms with van der Waals surface area (Å²) in [5.74, 6) is 0.236. The maximum atomic E-state index is 9.74. The van der Waals surface area contributed by atoms with Crippen LogP contribution >= 0.6 is 0 Å². The highest BCUT2D eigenvalue weighted by molar-refractivity contribution is 5.34. The van der Waals surface area contributed by atoms with Crippen molar-refractivity contribution in [3.63, 3.8) is 0 Å². The van der Waals surface area contributed by atoms with Crippen molar-refractivity contribution in [1.82, 2.24) is 9.13 Å². The SMILES string of the molecule is Cc1cc(O)n(CCCCn2c(O)cc(C)c2O)c1O. The van der Waals surface area contributed by atoms with E-state index in [0.29, 0.717) is 37.1 Å². The van der Waals surface area contributed by atoms with Gasteiger partial charge in [-0.15, -0.1) is 0 Å². The van der Waals surface area contributed by atoms with E-state index in [1.807, 2.05) is 0 Å². The number of aryl methyl sites for hydroxylation is 2. The number of rotatable bonds is 5. The van der Waals surface area contributed by atoms with Crippen LogP contribution in [0.15, 0.2) is 12.1 Å². The molecule has 0 aliphatic carbocycles. The molecule has 0 fully saturated rings. The molecule has 2 rings (SSSR count). The molecule has 0 saturated heterocycles. The van der Waals surface area contributed by atoms with Gasteiger partial charge in [0.1, 0.15) is 0 Å². The molecule has 0 spiro atoms. The fourth-order valence-corrected chi connectivity index (χ4v) is 2.30. The van der Waals surface area contributed by atoms with Gasteiger partial charge >= 0.3 is 0 Å². The Morgan fingerprint density at radius 1 is 0.750 bits per heavy atom. The third-order valence-electron chi connectivity index (χ3n) is 3.47. The molecule has 0 amide bonds. The minimum Gasteiger partial charge on any atom is -0.494 e. The summed E-state index contributed by atoms with van der Waals surface area (Å²) in [6.45, 7) is 4.41. The van der Waals surface area contributed by atoms with E-state index in [2.05, 4.69) is 0 Å². The average Bonchev–Trinajstić information content (AvgIpc) is 2.76. The second-order valence-electron chi connectivity index (χ2n) is 5.03. The Labute approximate surface area is 117 Å². The molecule has 0 bridgehead atoms. The van der Waals surface area contributed by atoms with Crippen LogP contribution in [0.1, 0.15) is 24.0 Å². The summed E-state index contributed by atoms with van der Waals surface area (Å²) in [5.41, 5.74) is 1.28. The van der Waals surface area contributed by atoms with E-state index in [4.69, 9.17) is 0 Å². The molecule has 2 aromatic heterocycles. The van der Waals surface area contributed by atoms with Crippen LogP contribution in [0.4, 0.5) is 0 Å². The molecule has 0 saturated carbocycles.